The van der Waals surface area contributed by atoms with Crippen LogP contribution in [-0.4, -0.2) is 31.7 Å². The number of hydrogen-bond donors (Lipinski definition) is 2. The maximum Gasteiger partial charge on any atom is 0.305 e. The van der Waals surface area contributed by atoms with Crippen LogP contribution in [-0.2, 0) is 14.6 Å². The Hall–Kier alpha value is -2.67. The number of sulfone groups is 1. The average Bonchev–Trinajstić information content (AvgIpc) is 2.53. The number of carboxylic acid groups (broad SMARTS) is 1. The van der Waals surface area contributed by atoms with E-state index in [-0.39, 0.29) is 16.9 Å². The molecule has 138 valence electrons. The normalized spacial score (nSPS) is 12.4. The molecule has 0 fully saturated rings. The van der Waals surface area contributed by atoms with Crippen LogP contribution in [0.3, 0.4) is 0 Å². The lowest BCUT2D eigenvalue weighted by Gasteiger charge is -2.20. The van der Waals surface area contributed by atoms with E-state index in [9.17, 15) is 23.1 Å². The smallest absolute Gasteiger partial charge is 0.305 e. The molecular weight excluding hydrogens is 354 g/mol. The molecule has 0 saturated heterocycles. The maximum absolute atomic E-state index is 12.6. The van der Waals surface area contributed by atoms with Crippen LogP contribution in [0, 0.1) is 13.8 Å². The third-order valence-electron chi connectivity index (χ3n) is 4.10. The Labute approximate surface area is 152 Å². The number of hydrogen-bond acceptors (Lipinski definition) is 4. The Morgan fingerprint density at radius 1 is 1.08 bits per heavy atom. The van der Waals surface area contributed by atoms with Crippen molar-refractivity contribution < 1.29 is 23.1 Å². The van der Waals surface area contributed by atoms with Gasteiger partial charge in [-0.3, -0.25) is 9.59 Å². The molecule has 26 heavy (non-hydrogen) atoms. The van der Waals surface area contributed by atoms with Crippen molar-refractivity contribution in [2.24, 2.45) is 0 Å². The van der Waals surface area contributed by atoms with E-state index in [1.165, 1.54) is 12.1 Å². The van der Waals surface area contributed by atoms with Crippen LogP contribution in [0.25, 0.3) is 0 Å². The minimum absolute atomic E-state index is 0.0795. The lowest BCUT2D eigenvalue weighted by molar-refractivity contribution is -0.137. The molecule has 7 heteroatoms. The molecule has 1 atom stereocenters. The first-order valence-corrected chi connectivity index (χ1v) is 9.87. The van der Waals surface area contributed by atoms with Crippen molar-refractivity contribution in [3.8, 4) is 0 Å². The maximum atomic E-state index is 12.6. The van der Waals surface area contributed by atoms with Gasteiger partial charge in [0.25, 0.3) is 5.91 Å². The van der Waals surface area contributed by atoms with Gasteiger partial charge in [0, 0.05) is 11.8 Å². The number of benzene rings is 2. The number of carbonyl (C=O) groups is 2. The highest BCUT2D eigenvalue weighted by atomic mass is 32.2. The second-order valence-corrected chi connectivity index (χ2v) is 8.22. The van der Waals surface area contributed by atoms with Gasteiger partial charge in [-0.25, -0.2) is 8.42 Å². The van der Waals surface area contributed by atoms with Crippen molar-refractivity contribution in [2.75, 3.05) is 6.26 Å². The Morgan fingerprint density at radius 3 is 2.31 bits per heavy atom. The second-order valence-electron chi connectivity index (χ2n) is 6.23. The molecule has 2 rings (SSSR count). The summed E-state index contributed by atoms with van der Waals surface area (Å²) in [6, 6.07) is 10.9. The van der Waals surface area contributed by atoms with Gasteiger partial charge < -0.3 is 10.4 Å². The van der Waals surface area contributed by atoms with Crippen molar-refractivity contribution in [3.05, 3.63) is 64.7 Å². The van der Waals surface area contributed by atoms with Crippen LogP contribution in [0.1, 0.15) is 39.5 Å². The van der Waals surface area contributed by atoms with Gasteiger partial charge in [0.15, 0.2) is 9.84 Å². The van der Waals surface area contributed by atoms with E-state index in [0.29, 0.717) is 11.1 Å². The highest BCUT2D eigenvalue weighted by molar-refractivity contribution is 7.90. The summed E-state index contributed by atoms with van der Waals surface area (Å²) in [6.45, 7) is 3.49. The van der Waals surface area contributed by atoms with Crippen molar-refractivity contribution in [1.82, 2.24) is 5.32 Å². The topological polar surface area (TPSA) is 101 Å². The van der Waals surface area contributed by atoms with Crippen molar-refractivity contribution in [3.63, 3.8) is 0 Å². The molecule has 0 aromatic heterocycles. The minimum Gasteiger partial charge on any atom is -0.481 e. The first-order chi connectivity index (χ1) is 12.1. The van der Waals surface area contributed by atoms with E-state index in [1.807, 2.05) is 19.1 Å². The van der Waals surface area contributed by atoms with Crippen LogP contribution in [0.5, 0.6) is 0 Å². The van der Waals surface area contributed by atoms with E-state index >= 15 is 0 Å². The predicted octanol–water partition coefficient (Wildman–Crippen LogP) is 2.65. The molecule has 0 radical (unpaired) electrons. The highest BCUT2D eigenvalue weighted by Gasteiger charge is 2.21. The molecule has 0 heterocycles. The van der Waals surface area contributed by atoms with Gasteiger partial charge in [-0.1, -0.05) is 30.3 Å². The van der Waals surface area contributed by atoms with Crippen molar-refractivity contribution >= 4 is 21.7 Å². The molecule has 2 aromatic rings. The molecule has 0 spiro atoms. The Bertz CT molecular complexity index is 950. The molecule has 2 N–H and O–H groups in total. The number of aliphatic carboxylic acids is 1. The summed E-state index contributed by atoms with van der Waals surface area (Å²) >= 11 is 0. The van der Waals surface area contributed by atoms with Crippen LogP contribution in [0.4, 0.5) is 0 Å². The Balaban J connectivity index is 2.36. The van der Waals surface area contributed by atoms with E-state index in [2.05, 4.69) is 5.32 Å². The van der Waals surface area contributed by atoms with E-state index < -0.39 is 27.8 Å². The first kappa shape index (κ1) is 19.7. The molecular formula is C19H21NO5S. The second kappa shape index (κ2) is 7.70. The zero-order valence-electron chi connectivity index (χ0n) is 14.8. The number of amides is 1. The quantitative estimate of drug-likeness (QED) is 0.808. The highest BCUT2D eigenvalue weighted by Crippen LogP contribution is 2.22. The summed E-state index contributed by atoms with van der Waals surface area (Å²) in [7, 11) is -3.47. The molecule has 0 aliphatic rings. The third-order valence-corrected chi connectivity index (χ3v) is 5.34. The fraction of sp³-hybridized carbons (Fsp3) is 0.263. The summed E-state index contributed by atoms with van der Waals surface area (Å²) in [6.07, 6.45) is 0.805. The first-order valence-electron chi connectivity index (χ1n) is 7.98. The predicted molar refractivity (Wildman–Crippen MR) is 97.9 cm³/mol. The molecule has 1 unspecified atom stereocenters. The molecule has 0 aliphatic heterocycles. The number of aryl methyl sites for hydroxylation is 2. The number of rotatable bonds is 6. The number of carbonyl (C=O) groups excluding carboxylic acids is 1. The van der Waals surface area contributed by atoms with Crippen LogP contribution in [0.2, 0.25) is 0 Å². The Morgan fingerprint density at radius 2 is 1.73 bits per heavy atom. The van der Waals surface area contributed by atoms with E-state index in [4.69, 9.17) is 0 Å². The van der Waals surface area contributed by atoms with E-state index in [1.54, 1.807) is 25.1 Å². The van der Waals surface area contributed by atoms with Crippen molar-refractivity contribution in [1.29, 1.82) is 0 Å². The molecule has 2 aromatic carbocycles. The zero-order valence-corrected chi connectivity index (χ0v) is 15.6. The SMILES string of the molecule is Cc1ccccc1C(CC(=O)O)NC(=O)c1ccc(C)c(S(C)(=O)=O)c1. The lowest BCUT2D eigenvalue weighted by atomic mass is 9.98. The Kier molecular flexibility index (Phi) is 5.82. The lowest BCUT2D eigenvalue weighted by Crippen LogP contribution is -2.30. The minimum atomic E-state index is -3.47. The average molecular weight is 375 g/mol. The monoisotopic (exact) mass is 375 g/mol. The third kappa shape index (κ3) is 4.70. The van der Waals surface area contributed by atoms with Gasteiger partial charge >= 0.3 is 5.97 Å². The van der Waals surface area contributed by atoms with Gasteiger partial charge in [0.1, 0.15) is 0 Å². The van der Waals surface area contributed by atoms with Crippen LogP contribution < -0.4 is 5.32 Å². The van der Waals surface area contributed by atoms with Crippen LogP contribution >= 0.6 is 0 Å². The van der Waals surface area contributed by atoms with E-state index in [0.717, 1.165) is 11.8 Å². The fourth-order valence-electron chi connectivity index (χ4n) is 2.77. The van der Waals surface area contributed by atoms with Gasteiger partial charge in [-0.05, 0) is 42.7 Å². The fourth-order valence-corrected chi connectivity index (χ4v) is 3.77. The van der Waals surface area contributed by atoms with Crippen molar-refractivity contribution in [2.45, 2.75) is 31.2 Å². The number of nitrogens with one attached hydrogen (secondary N) is 1. The standard InChI is InChI=1S/C19H21NO5S/c1-12-6-4-5-7-15(12)16(11-18(21)22)20-19(23)14-9-8-13(2)17(10-14)26(3,24)25/h4-10,16H,11H2,1-3H3,(H,20,23)(H,21,22). The molecule has 6 nitrogen and oxygen atoms in total. The summed E-state index contributed by atoms with van der Waals surface area (Å²) in [5.74, 6) is -1.57. The van der Waals surface area contributed by atoms with Gasteiger partial charge in [-0.15, -0.1) is 0 Å². The van der Waals surface area contributed by atoms with Gasteiger partial charge in [0.05, 0.1) is 17.4 Å². The largest absolute Gasteiger partial charge is 0.481 e. The van der Waals surface area contributed by atoms with Gasteiger partial charge in [-0.2, -0.15) is 0 Å². The summed E-state index contributed by atoms with van der Waals surface area (Å²) in [4.78, 5) is 23.9. The zero-order chi connectivity index (χ0) is 19.5. The molecule has 0 bridgehead atoms. The molecule has 1 amide bonds. The molecule has 0 saturated carbocycles. The number of carboxylic acids is 1. The summed E-state index contributed by atoms with van der Waals surface area (Å²) < 4.78 is 23.7. The van der Waals surface area contributed by atoms with Crippen LogP contribution in [0.15, 0.2) is 47.4 Å². The summed E-state index contributed by atoms with van der Waals surface area (Å²) in [5.41, 5.74) is 2.28. The van der Waals surface area contributed by atoms with Gasteiger partial charge in [0.2, 0.25) is 0 Å². The summed E-state index contributed by atoms with van der Waals surface area (Å²) in [5, 5.41) is 11.9. The molecule has 0 aliphatic carbocycles.